The summed E-state index contributed by atoms with van der Waals surface area (Å²) in [4.78, 5) is 11.6. The maximum absolute atomic E-state index is 11.6. The van der Waals surface area contributed by atoms with E-state index >= 15 is 0 Å². The molecule has 1 aliphatic heterocycles. The average Bonchev–Trinajstić information content (AvgIpc) is 2.23. The van der Waals surface area contributed by atoms with Crippen molar-refractivity contribution < 1.29 is 14.3 Å². The molecule has 4 heteroatoms. The van der Waals surface area contributed by atoms with Crippen LogP contribution in [0.25, 0.3) is 0 Å². The van der Waals surface area contributed by atoms with E-state index in [4.69, 9.17) is 9.47 Å². The molecule has 0 saturated carbocycles. The summed E-state index contributed by atoms with van der Waals surface area (Å²) in [7, 11) is 1.59. The molecule has 1 saturated heterocycles. The van der Waals surface area contributed by atoms with Crippen LogP contribution in [0.4, 0.5) is 0 Å². The molecule has 0 aliphatic carbocycles. The van der Waals surface area contributed by atoms with Crippen LogP contribution >= 0.6 is 0 Å². The van der Waals surface area contributed by atoms with Gasteiger partial charge in [-0.3, -0.25) is 0 Å². The van der Waals surface area contributed by atoms with Crippen molar-refractivity contribution in [1.29, 1.82) is 0 Å². The number of rotatable bonds is 3. The normalized spacial score (nSPS) is 15.5. The minimum atomic E-state index is -0.274. The first kappa shape index (κ1) is 9.98. The highest BCUT2D eigenvalue weighted by Crippen LogP contribution is 2.13. The fourth-order valence-corrected chi connectivity index (χ4v) is 1.29. The number of carbonyl (C=O) groups is 1. The Kier molecular flexibility index (Phi) is 2.87. The van der Waals surface area contributed by atoms with Crippen LogP contribution in [0.15, 0.2) is 24.3 Å². The lowest BCUT2D eigenvalue weighted by Gasteiger charge is -2.26. The Bertz CT molecular complexity index is 343. The lowest BCUT2D eigenvalue weighted by atomic mass is 10.2. The fourth-order valence-electron chi connectivity index (χ4n) is 1.29. The zero-order chi connectivity index (χ0) is 10.7. The molecule has 0 spiro atoms. The summed E-state index contributed by atoms with van der Waals surface area (Å²) in [5.41, 5.74) is 0.558. The standard InChI is InChI=1S/C11H13NO3/c1-14-9-4-2-8(3-5-9)11(13)15-10-6-12-7-10/h2-5,10,12H,6-7H2,1H3. The molecule has 0 amide bonds. The van der Waals surface area contributed by atoms with Crippen LogP contribution in [0.5, 0.6) is 5.75 Å². The van der Waals surface area contributed by atoms with Gasteiger partial charge in [0, 0.05) is 13.1 Å². The monoisotopic (exact) mass is 207 g/mol. The van der Waals surface area contributed by atoms with Crippen molar-refractivity contribution in [3.63, 3.8) is 0 Å². The fraction of sp³-hybridized carbons (Fsp3) is 0.364. The number of benzene rings is 1. The van der Waals surface area contributed by atoms with Gasteiger partial charge in [0.2, 0.25) is 0 Å². The topological polar surface area (TPSA) is 47.6 Å². The maximum Gasteiger partial charge on any atom is 0.338 e. The molecule has 1 aliphatic rings. The van der Waals surface area contributed by atoms with Crippen LogP contribution in [-0.2, 0) is 4.74 Å². The van der Waals surface area contributed by atoms with Gasteiger partial charge in [0.15, 0.2) is 0 Å². The Labute approximate surface area is 88.2 Å². The third-order valence-corrected chi connectivity index (χ3v) is 2.34. The highest BCUT2D eigenvalue weighted by molar-refractivity contribution is 5.89. The molecular weight excluding hydrogens is 194 g/mol. The zero-order valence-electron chi connectivity index (χ0n) is 8.53. The van der Waals surface area contributed by atoms with E-state index < -0.39 is 0 Å². The number of ether oxygens (including phenoxy) is 2. The Balaban J connectivity index is 1.98. The Hall–Kier alpha value is -1.55. The second kappa shape index (κ2) is 4.31. The number of esters is 1. The third-order valence-electron chi connectivity index (χ3n) is 2.34. The summed E-state index contributed by atoms with van der Waals surface area (Å²) in [6.45, 7) is 1.50. The van der Waals surface area contributed by atoms with Gasteiger partial charge in [-0.1, -0.05) is 0 Å². The van der Waals surface area contributed by atoms with Crippen LogP contribution in [-0.4, -0.2) is 32.3 Å². The van der Waals surface area contributed by atoms with E-state index in [1.165, 1.54) is 0 Å². The second-order valence-corrected chi connectivity index (χ2v) is 3.41. The smallest absolute Gasteiger partial charge is 0.338 e. The predicted octanol–water partition coefficient (Wildman–Crippen LogP) is 0.824. The maximum atomic E-state index is 11.6. The third kappa shape index (κ3) is 2.27. The Morgan fingerprint density at radius 2 is 2.00 bits per heavy atom. The average molecular weight is 207 g/mol. The van der Waals surface area contributed by atoms with Crippen molar-refractivity contribution in [3.05, 3.63) is 29.8 Å². The minimum absolute atomic E-state index is 0.0274. The zero-order valence-corrected chi connectivity index (χ0v) is 8.53. The van der Waals surface area contributed by atoms with Gasteiger partial charge in [-0.15, -0.1) is 0 Å². The van der Waals surface area contributed by atoms with Gasteiger partial charge in [0.25, 0.3) is 0 Å². The van der Waals surface area contributed by atoms with Crippen LogP contribution in [0.1, 0.15) is 10.4 Å². The first-order valence-electron chi connectivity index (χ1n) is 4.85. The molecule has 1 fully saturated rings. The number of methoxy groups -OCH3 is 1. The van der Waals surface area contributed by atoms with Crippen molar-refractivity contribution >= 4 is 5.97 Å². The lowest BCUT2D eigenvalue weighted by Crippen LogP contribution is -2.49. The molecule has 0 aromatic heterocycles. The highest BCUT2D eigenvalue weighted by Gasteiger charge is 2.21. The first-order chi connectivity index (χ1) is 7.29. The highest BCUT2D eigenvalue weighted by atomic mass is 16.5. The summed E-state index contributed by atoms with van der Waals surface area (Å²) in [5.74, 6) is 0.459. The van der Waals surface area contributed by atoms with Crippen molar-refractivity contribution in [1.82, 2.24) is 5.32 Å². The summed E-state index contributed by atoms with van der Waals surface area (Å²) >= 11 is 0. The van der Waals surface area contributed by atoms with Crippen LogP contribution in [0.3, 0.4) is 0 Å². The van der Waals surface area contributed by atoms with Crippen molar-refractivity contribution in [2.75, 3.05) is 20.2 Å². The molecule has 0 radical (unpaired) electrons. The van der Waals surface area contributed by atoms with Gasteiger partial charge in [0.1, 0.15) is 11.9 Å². The van der Waals surface area contributed by atoms with Crippen molar-refractivity contribution in [2.24, 2.45) is 0 Å². The molecule has 2 rings (SSSR count). The predicted molar refractivity (Wildman–Crippen MR) is 55.1 cm³/mol. The van der Waals surface area contributed by atoms with Gasteiger partial charge < -0.3 is 14.8 Å². The molecule has 80 valence electrons. The Morgan fingerprint density at radius 1 is 1.33 bits per heavy atom. The summed E-state index contributed by atoms with van der Waals surface area (Å²) in [6, 6.07) is 6.89. The molecule has 0 bridgehead atoms. The minimum Gasteiger partial charge on any atom is -0.497 e. The van der Waals surface area contributed by atoms with E-state index in [1.54, 1.807) is 31.4 Å². The van der Waals surface area contributed by atoms with Gasteiger partial charge in [-0.05, 0) is 24.3 Å². The second-order valence-electron chi connectivity index (χ2n) is 3.41. The quantitative estimate of drug-likeness (QED) is 0.745. The van der Waals surface area contributed by atoms with Crippen LogP contribution < -0.4 is 10.1 Å². The molecule has 1 heterocycles. The lowest BCUT2D eigenvalue weighted by molar-refractivity contribution is 0.0169. The van der Waals surface area contributed by atoms with Crippen LogP contribution in [0, 0.1) is 0 Å². The number of hydrogen-bond donors (Lipinski definition) is 1. The summed E-state index contributed by atoms with van der Waals surface area (Å²) < 4.78 is 10.2. The van der Waals surface area contributed by atoms with Gasteiger partial charge in [-0.2, -0.15) is 0 Å². The van der Waals surface area contributed by atoms with Crippen molar-refractivity contribution in [2.45, 2.75) is 6.10 Å². The van der Waals surface area contributed by atoms with E-state index in [-0.39, 0.29) is 12.1 Å². The molecule has 4 nitrogen and oxygen atoms in total. The van der Waals surface area contributed by atoms with E-state index in [0.717, 1.165) is 18.8 Å². The molecule has 1 aromatic rings. The molecule has 15 heavy (non-hydrogen) atoms. The van der Waals surface area contributed by atoms with Gasteiger partial charge in [-0.25, -0.2) is 4.79 Å². The molecule has 0 atom stereocenters. The van der Waals surface area contributed by atoms with Crippen LogP contribution in [0.2, 0.25) is 0 Å². The number of carbonyl (C=O) groups excluding carboxylic acids is 1. The van der Waals surface area contributed by atoms with Gasteiger partial charge in [0.05, 0.1) is 12.7 Å². The van der Waals surface area contributed by atoms with Crippen molar-refractivity contribution in [3.8, 4) is 5.75 Å². The molecular formula is C11H13NO3. The number of nitrogens with one attached hydrogen (secondary N) is 1. The first-order valence-corrected chi connectivity index (χ1v) is 4.85. The van der Waals surface area contributed by atoms with E-state index in [9.17, 15) is 4.79 Å². The summed E-state index contributed by atoms with van der Waals surface area (Å²) in [5, 5.41) is 3.04. The van der Waals surface area contributed by atoms with E-state index in [1.807, 2.05) is 0 Å². The van der Waals surface area contributed by atoms with E-state index in [2.05, 4.69) is 5.32 Å². The molecule has 0 unspecified atom stereocenters. The van der Waals surface area contributed by atoms with E-state index in [0.29, 0.717) is 5.56 Å². The number of hydrogen-bond acceptors (Lipinski definition) is 4. The van der Waals surface area contributed by atoms with Gasteiger partial charge >= 0.3 is 5.97 Å². The Morgan fingerprint density at radius 3 is 2.47 bits per heavy atom. The molecule has 1 aromatic carbocycles. The SMILES string of the molecule is COc1ccc(C(=O)OC2CNC2)cc1. The summed E-state index contributed by atoms with van der Waals surface area (Å²) in [6.07, 6.45) is 0.0274. The largest absolute Gasteiger partial charge is 0.497 e. The molecule has 1 N–H and O–H groups in total.